The smallest absolute Gasteiger partial charge is 0.225 e. The molecule has 10 heteroatoms. The normalized spacial score (nSPS) is 25.1. The summed E-state index contributed by atoms with van der Waals surface area (Å²) in [7, 11) is -1.31. The fourth-order valence-corrected chi connectivity index (χ4v) is 5.46. The van der Waals surface area contributed by atoms with Gasteiger partial charge in [-0.1, -0.05) is 12.8 Å². The molecule has 8 nitrogen and oxygen atoms in total. The van der Waals surface area contributed by atoms with E-state index in [4.69, 9.17) is 0 Å². The van der Waals surface area contributed by atoms with E-state index in [0.29, 0.717) is 24.9 Å². The molecule has 1 amide bonds. The molecule has 2 aliphatic heterocycles. The molecule has 1 saturated carbocycles. The molecule has 1 atom stereocenters. The van der Waals surface area contributed by atoms with E-state index in [1.807, 2.05) is 4.90 Å². The van der Waals surface area contributed by atoms with Gasteiger partial charge in [-0.15, -0.1) is 24.0 Å². The number of amides is 1. The Bertz CT molecular complexity index is 673. The summed E-state index contributed by atoms with van der Waals surface area (Å²) >= 11 is 0. The number of likely N-dealkylation sites (tertiary alicyclic amines) is 1. The van der Waals surface area contributed by atoms with E-state index >= 15 is 0 Å². The molecule has 2 heterocycles. The molecular formula is C19H36IN5O3S. The van der Waals surface area contributed by atoms with Crippen LogP contribution in [0.1, 0.15) is 44.9 Å². The van der Waals surface area contributed by atoms with E-state index in [2.05, 4.69) is 15.6 Å². The second kappa shape index (κ2) is 11.1. The van der Waals surface area contributed by atoms with Gasteiger partial charge in [-0.3, -0.25) is 9.79 Å². The number of hydrogen-bond donors (Lipinski definition) is 2. The Kier molecular flexibility index (Phi) is 9.46. The minimum atomic E-state index is -3.07. The van der Waals surface area contributed by atoms with Crippen LogP contribution in [-0.2, 0) is 14.8 Å². The van der Waals surface area contributed by atoms with Gasteiger partial charge in [0.05, 0.1) is 6.26 Å². The third-order valence-electron chi connectivity index (χ3n) is 6.37. The summed E-state index contributed by atoms with van der Waals surface area (Å²) in [5.74, 6) is 1.79. The van der Waals surface area contributed by atoms with E-state index in [0.717, 1.165) is 57.7 Å². The van der Waals surface area contributed by atoms with Gasteiger partial charge in [0.1, 0.15) is 0 Å². The maximum Gasteiger partial charge on any atom is 0.225 e. The first-order valence-electron chi connectivity index (χ1n) is 10.6. The molecule has 3 fully saturated rings. The highest BCUT2D eigenvalue weighted by atomic mass is 127. The lowest BCUT2D eigenvalue weighted by Crippen LogP contribution is -2.47. The first-order valence-corrected chi connectivity index (χ1v) is 12.4. The molecule has 1 aliphatic carbocycles. The monoisotopic (exact) mass is 541 g/mol. The van der Waals surface area contributed by atoms with E-state index in [9.17, 15) is 13.2 Å². The van der Waals surface area contributed by atoms with Crippen LogP contribution in [0.15, 0.2) is 4.99 Å². The Morgan fingerprint density at radius 2 is 1.72 bits per heavy atom. The zero-order valence-electron chi connectivity index (χ0n) is 17.6. The van der Waals surface area contributed by atoms with Crippen molar-refractivity contribution in [1.82, 2.24) is 19.8 Å². The maximum absolute atomic E-state index is 12.6. The first kappa shape index (κ1) is 24.6. The van der Waals surface area contributed by atoms with Gasteiger partial charge in [0.25, 0.3) is 0 Å². The van der Waals surface area contributed by atoms with Gasteiger partial charge in [0, 0.05) is 51.7 Å². The molecule has 0 aromatic heterocycles. The number of nitrogens with one attached hydrogen (secondary N) is 2. The summed E-state index contributed by atoms with van der Waals surface area (Å²) in [6.45, 7) is 3.56. The molecule has 168 valence electrons. The molecule has 1 unspecified atom stereocenters. The molecule has 0 radical (unpaired) electrons. The van der Waals surface area contributed by atoms with E-state index in [-0.39, 0.29) is 35.9 Å². The minimum absolute atomic E-state index is 0. The Hall–Kier alpha value is -0.620. The largest absolute Gasteiger partial charge is 0.356 e. The van der Waals surface area contributed by atoms with Crippen LogP contribution in [0.2, 0.25) is 0 Å². The maximum atomic E-state index is 12.6. The quantitative estimate of drug-likeness (QED) is 0.310. The Labute approximate surface area is 192 Å². The average Bonchev–Trinajstić information content (AvgIpc) is 3.36. The summed E-state index contributed by atoms with van der Waals surface area (Å²) in [5.41, 5.74) is 0. The number of sulfonamides is 1. The Morgan fingerprint density at radius 1 is 1.07 bits per heavy atom. The topological polar surface area (TPSA) is 94.1 Å². The first-order chi connectivity index (χ1) is 13.4. The standard InChI is InChI=1S/C19H35N5O3S.HI/c1-20-19(21-13-15-7-11-24(12-8-15)28(2,26)27)22-17-9-10-23(14-17)18(25)16-5-3-4-6-16;/h15-17H,3-14H2,1-2H3,(H2,20,21,22);1H. The summed E-state index contributed by atoms with van der Waals surface area (Å²) in [6.07, 6.45) is 8.43. The zero-order valence-corrected chi connectivity index (χ0v) is 20.7. The van der Waals surface area contributed by atoms with Crippen molar-refractivity contribution in [2.75, 3.05) is 46.0 Å². The van der Waals surface area contributed by atoms with Crippen LogP contribution in [0.25, 0.3) is 0 Å². The molecule has 3 rings (SSSR count). The third kappa shape index (κ3) is 6.95. The van der Waals surface area contributed by atoms with Crippen molar-refractivity contribution in [3.63, 3.8) is 0 Å². The molecule has 2 N–H and O–H groups in total. The summed E-state index contributed by atoms with van der Waals surface area (Å²) in [4.78, 5) is 18.9. The lowest BCUT2D eigenvalue weighted by atomic mass is 9.98. The van der Waals surface area contributed by atoms with Crippen LogP contribution in [0.5, 0.6) is 0 Å². The highest BCUT2D eigenvalue weighted by molar-refractivity contribution is 14.0. The predicted molar refractivity (Wildman–Crippen MR) is 126 cm³/mol. The lowest BCUT2D eigenvalue weighted by molar-refractivity contribution is -0.134. The summed E-state index contributed by atoms with van der Waals surface area (Å²) in [5, 5.41) is 6.84. The minimum Gasteiger partial charge on any atom is -0.356 e. The third-order valence-corrected chi connectivity index (χ3v) is 7.67. The Balaban J connectivity index is 0.00000300. The number of carbonyl (C=O) groups is 1. The predicted octanol–water partition coefficient (Wildman–Crippen LogP) is 1.23. The number of piperidine rings is 1. The molecule has 0 bridgehead atoms. The number of rotatable bonds is 5. The van der Waals surface area contributed by atoms with Crippen LogP contribution < -0.4 is 10.6 Å². The van der Waals surface area contributed by atoms with Crippen molar-refractivity contribution < 1.29 is 13.2 Å². The van der Waals surface area contributed by atoms with Gasteiger partial charge in [-0.2, -0.15) is 0 Å². The number of guanidine groups is 1. The highest BCUT2D eigenvalue weighted by Gasteiger charge is 2.32. The molecule has 3 aliphatic rings. The van der Waals surface area contributed by atoms with Crippen molar-refractivity contribution in [1.29, 1.82) is 0 Å². The van der Waals surface area contributed by atoms with Gasteiger partial charge in [-0.25, -0.2) is 12.7 Å². The molecule has 2 saturated heterocycles. The molecule has 0 aromatic carbocycles. The van der Waals surface area contributed by atoms with Gasteiger partial charge < -0.3 is 15.5 Å². The van der Waals surface area contributed by atoms with Crippen molar-refractivity contribution in [3.8, 4) is 0 Å². The Morgan fingerprint density at radius 3 is 2.31 bits per heavy atom. The van der Waals surface area contributed by atoms with Crippen LogP contribution in [-0.4, -0.2) is 81.6 Å². The lowest BCUT2D eigenvalue weighted by Gasteiger charge is -2.30. The number of halogens is 1. The summed E-state index contributed by atoms with van der Waals surface area (Å²) < 4.78 is 24.8. The van der Waals surface area contributed by atoms with Gasteiger partial charge in [-0.05, 0) is 38.0 Å². The number of nitrogens with zero attached hydrogens (tertiary/aromatic N) is 3. The van der Waals surface area contributed by atoms with Crippen molar-refractivity contribution >= 4 is 45.9 Å². The van der Waals surface area contributed by atoms with Crippen molar-refractivity contribution in [3.05, 3.63) is 0 Å². The molecule has 0 spiro atoms. The van der Waals surface area contributed by atoms with E-state index in [1.165, 1.54) is 19.1 Å². The van der Waals surface area contributed by atoms with Gasteiger partial charge >= 0.3 is 0 Å². The highest BCUT2D eigenvalue weighted by Crippen LogP contribution is 2.27. The van der Waals surface area contributed by atoms with Crippen molar-refractivity contribution in [2.24, 2.45) is 16.8 Å². The number of carbonyl (C=O) groups excluding carboxylic acids is 1. The van der Waals surface area contributed by atoms with Crippen LogP contribution in [0.4, 0.5) is 0 Å². The molecule has 29 heavy (non-hydrogen) atoms. The van der Waals surface area contributed by atoms with E-state index in [1.54, 1.807) is 11.4 Å². The number of aliphatic imine (C=N–C) groups is 1. The van der Waals surface area contributed by atoms with Crippen LogP contribution in [0.3, 0.4) is 0 Å². The van der Waals surface area contributed by atoms with E-state index < -0.39 is 10.0 Å². The fourth-order valence-electron chi connectivity index (χ4n) is 4.58. The van der Waals surface area contributed by atoms with Gasteiger partial charge in [0.15, 0.2) is 5.96 Å². The average molecular weight is 542 g/mol. The number of hydrogen-bond acceptors (Lipinski definition) is 4. The second-order valence-electron chi connectivity index (χ2n) is 8.45. The second-order valence-corrected chi connectivity index (χ2v) is 10.4. The van der Waals surface area contributed by atoms with Gasteiger partial charge in [0.2, 0.25) is 15.9 Å². The fraction of sp³-hybridized carbons (Fsp3) is 0.895. The van der Waals surface area contributed by atoms with Crippen molar-refractivity contribution in [2.45, 2.75) is 51.0 Å². The van der Waals surface area contributed by atoms with Crippen LogP contribution >= 0.6 is 24.0 Å². The van der Waals surface area contributed by atoms with Crippen LogP contribution in [0, 0.1) is 11.8 Å². The molecular weight excluding hydrogens is 505 g/mol. The molecule has 0 aromatic rings. The SMILES string of the molecule is CN=C(NCC1CCN(S(C)(=O)=O)CC1)NC1CCN(C(=O)C2CCCC2)C1.I. The zero-order chi connectivity index (χ0) is 20.1. The summed E-state index contributed by atoms with van der Waals surface area (Å²) in [6, 6.07) is 0.239.